The minimum Gasteiger partial charge on any atom is -0.450 e. The van der Waals surface area contributed by atoms with E-state index in [1.165, 1.54) is 6.42 Å². The molecule has 0 aromatic heterocycles. The predicted molar refractivity (Wildman–Crippen MR) is 38.6 cm³/mol. The minimum atomic E-state index is 0.934. The summed E-state index contributed by atoms with van der Waals surface area (Å²) in [5.74, 6) is 2.87. The van der Waals surface area contributed by atoms with Crippen LogP contribution in [0.1, 0.15) is 25.7 Å². The van der Waals surface area contributed by atoms with Crippen molar-refractivity contribution in [1.29, 1.82) is 0 Å². The van der Waals surface area contributed by atoms with Crippen LogP contribution in [0.4, 0.5) is 0 Å². The van der Waals surface area contributed by atoms with Gasteiger partial charge in [-0.05, 0) is 6.42 Å². The summed E-state index contributed by atoms with van der Waals surface area (Å²) in [6.07, 6.45) is 6.78. The van der Waals surface area contributed by atoms with E-state index in [9.17, 15) is 0 Å². The number of ether oxygens (including phenoxy) is 1. The van der Waals surface area contributed by atoms with Crippen LogP contribution in [-0.4, -0.2) is 7.11 Å². The molecule has 0 heterocycles. The summed E-state index contributed by atoms with van der Waals surface area (Å²) in [4.78, 5) is 0. The Kier molecular flexibility index (Phi) is 6.84. The highest BCUT2D eigenvalue weighted by Gasteiger charge is 1.79. The Bertz CT molecular complexity index is 96.9. The van der Waals surface area contributed by atoms with Gasteiger partial charge in [0.05, 0.1) is 7.11 Å². The minimum absolute atomic E-state index is 0.934. The highest BCUT2D eigenvalue weighted by Crippen LogP contribution is 1.95. The van der Waals surface area contributed by atoms with Gasteiger partial charge in [-0.2, -0.15) is 0 Å². The first-order chi connectivity index (χ1) is 4.41. The number of hydrogen-bond donors (Lipinski definition) is 0. The predicted octanol–water partition coefficient (Wildman–Crippen LogP) is 1.99. The van der Waals surface area contributed by atoms with Crippen LogP contribution in [0.15, 0.2) is 0 Å². The summed E-state index contributed by atoms with van der Waals surface area (Å²) in [5, 5.41) is 0. The van der Waals surface area contributed by atoms with Crippen molar-refractivity contribution in [3.05, 3.63) is 6.92 Å². The molecular formula is C8H13O. The molecule has 9 heavy (non-hydrogen) atoms. The lowest BCUT2D eigenvalue weighted by atomic mass is 10.2. The van der Waals surface area contributed by atoms with Gasteiger partial charge in [-0.1, -0.05) is 25.7 Å². The van der Waals surface area contributed by atoms with E-state index in [0.717, 1.165) is 19.3 Å². The average molecular weight is 125 g/mol. The van der Waals surface area contributed by atoms with Crippen molar-refractivity contribution >= 4 is 0 Å². The van der Waals surface area contributed by atoms with Crippen LogP contribution < -0.4 is 0 Å². The molecule has 1 radical (unpaired) electrons. The second-order valence-electron chi connectivity index (χ2n) is 1.79. The van der Waals surface area contributed by atoms with E-state index >= 15 is 0 Å². The van der Waals surface area contributed by atoms with E-state index in [4.69, 9.17) is 0 Å². The summed E-state index contributed by atoms with van der Waals surface area (Å²) in [6.45, 7) is 3.72. The van der Waals surface area contributed by atoms with Gasteiger partial charge in [0.2, 0.25) is 0 Å². The third-order valence-electron chi connectivity index (χ3n) is 0.976. The molecule has 1 heteroatoms. The number of rotatable bonds is 3. The normalized spacial score (nSPS) is 7.78. The quantitative estimate of drug-likeness (QED) is 0.414. The molecule has 0 fully saturated rings. The van der Waals surface area contributed by atoms with Gasteiger partial charge in [-0.25, -0.2) is 0 Å². The standard InChI is InChI=1S/C8H13O/c1-3-4-5-6-7-8-9-2/h1,3-6H2,2H3. The fourth-order valence-corrected chi connectivity index (χ4v) is 0.513. The molecule has 0 aliphatic rings. The molecule has 0 atom stereocenters. The highest BCUT2D eigenvalue weighted by molar-refractivity contribution is 4.90. The Morgan fingerprint density at radius 2 is 2.22 bits per heavy atom. The van der Waals surface area contributed by atoms with Crippen molar-refractivity contribution in [3.63, 3.8) is 0 Å². The van der Waals surface area contributed by atoms with Crippen LogP contribution in [0.2, 0.25) is 0 Å². The van der Waals surface area contributed by atoms with Crippen LogP contribution in [-0.2, 0) is 4.74 Å². The van der Waals surface area contributed by atoms with Crippen LogP contribution in [0.25, 0.3) is 0 Å². The lowest BCUT2D eigenvalue weighted by molar-refractivity contribution is 0.371. The van der Waals surface area contributed by atoms with Crippen molar-refractivity contribution < 1.29 is 4.74 Å². The third-order valence-corrected chi connectivity index (χ3v) is 0.976. The first-order valence-corrected chi connectivity index (χ1v) is 3.22. The van der Waals surface area contributed by atoms with Crippen LogP contribution in [0, 0.1) is 19.0 Å². The van der Waals surface area contributed by atoms with Gasteiger partial charge < -0.3 is 4.74 Å². The van der Waals surface area contributed by atoms with Gasteiger partial charge in [0.25, 0.3) is 0 Å². The second kappa shape index (κ2) is 7.36. The summed E-state index contributed by atoms with van der Waals surface area (Å²) < 4.78 is 4.55. The zero-order valence-electron chi connectivity index (χ0n) is 5.94. The van der Waals surface area contributed by atoms with Gasteiger partial charge in [0, 0.05) is 6.42 Å². The van der Waals surface area contributed by atoms with Crippen molar-refractivity contribution in [2.75, 3.05) is 7.11 Å². The average Bonchev–Trinajstić information content (AvgIpc) is 1.89. The molecule has 0 aromatic carbocycles. The molecule has 51 valence electrons. The zero-order valence-corrected chi connectivity index (χ0v) is 5.94. The van der Waals surface area contributed by atoms with Gasteiger partial charge >= 0.3 is 0 Å². The first-order valence-electron chi connectivity index (χ1n) is 3.22. The first kappa shape index (κ1) is 8.36. The number of methoxy groups -OCH3 is 1. The molecule has 0 aromatic rings. The Balaban J connectivity index is 2.90. The topological polar surface area (TPSA) is 9.23 Å². The molecule has 0 saturated heterocycles. The van der Waals surface area contributed by atoms with E-state index in [2.05, 4.69) is 23.7 Å². The van der Waals surface area contributed by atoms with Gasteiger partial charge in [0.15, 0.2) is 0 Å². The Hall–Kier alpha value is -0.640. The van der Waals surface area contributed by atoms with E-state index in [1.54, 1.807) is 7.11 Å². The number of unbranched alkanes of at least 4 members (excludes halogenated alkanes) is 3. The van der Waals surface area contributed by atoms with Crippen molar-refractivity contribution in [2.24, 2.45) is 0 Å². The van der Waals surface area contributed by atoms with Gasteiger partial charge in [-0.15, -0.1) is 0 Å². The fraction of sp³-hybridized carbons (Fsp3) is 0.625. The van der Waals surface area contributed by atoms with Crippen molar-refractivity contribution in [2.45, 2.75) is 25.7 Å². The Morgan fingerprint density at radius 3 is 2.78 bits per heavy atom. The molecule has 0 spiro atoms. The molecule has 0 aliphatic heterocycles. The number of hydrogen-bond acceptors (Lipinski definition) is 1. The lowest BCUT2D eigenvalue weighted by Crippen LogP contribution is -1.72. The monoisotopic (exact) mass is 125 g/mol. The molecule has 0 saturated carbocycles. The van der Waals surface area contributed by atoms with E-state index in [0.29, 0.717) is 0 Å². The zero-order chi connectivity index (χ0) is 6.95. The largest absolute Gasteiger partial charge is 0.450 e. The Labute approximate surface area is 57.4 Å². The molecule has 1 nitrogen and oxygen atoms in total. The highest BCUT2D eigenvalue weighted by atomic mass is 16.5. The molecule has 0 N–H and O–H groups in total. The van der Waals surface area contributed by atoms with E-state index < -0.39 is 0 Å². The molecule has 0 unspecified atom stereocenters. The van der Waals surface area contributed by atoms with Crippen molar-refractivity contribution in [1.82, 2.24) is 0 Å². The molecule has 0 rings (SSSR count). The Morgan fingerprint density at radius 1 is 1.44 bits per heavy atom. The molecule has 0 bridgehead atoms. The summed E-state index contributed by atoms with van der Waals surface area (Å²) in [5.41, 5.74) is 0. The summed E-state index contributed by atoms with van der Waals surface area (Å²) in [7, 11) is 1.58. The summed E-state index contributed by atoms with van der Waals surface area (Å²) >= 11 is 0. The third kappa shape index (κ3) is 7.36. The van der Waals surface area contributed by atoms with Gasteiger partial charge in [-0.3, -0.25) is 0 Å². The van der Waals surface area contributed by atoms with Crippen LogP contribution >= 0.6 is 0 Å². The van der Waals surface area contributed by atoms with Crippen molar-refractivity contribution in [3.8, 4) is 12.0 Å². The maximum Gasteiger partial charge on any atom is 0.109 e. The van der Waals surface area contributed by atoms with Gasteiger partial charge in [0.1, 0.15) is 6.11 Å². The fourth-order valence-electron chi connectivity index (χ4n) is 0.513. The molecular weight excluding hydrogens is 112 g/mol. The molecule has 0 amide bonds. The van der Waals surface area contributed by atoms with Crippen LogP contribution in [0.3, 0.4) is 0 Å². The van der Waals surface area contributed by atoms with Crippen LogP contribution in [0.5, 0.6) is 0 Å². The van der Waals surface area contributed by atoms with E-state index in [1.807, 2.05) is 0 Å². The second-order valence-corrected chi connectivity index (χ2v) is 1.79. The summed E-state index contributed by atoms with van der Waals surface area (Å²) in [6, 6.07) is 0. The SMILES string of the molecule is [CH2]CCCCC#COC. The lowest BCUT2D eigenvalue weighted by Gasteiger charge is -1.87. The smallest absolute Gasteiger partial charge is 0.109 e. The maximum absolute atomic E-state index is 4.55. The van der Waals surface area contributed by atoms with E-state index in [-0.39, 0.29) is 0 Å². The maximum atomic E-state index is 4.55. The molecule has 0 aliphatic carbocycles.